The number of amides is 1. The maximum atomic E-state index is 13.4. The number of aryl methyl sites for hydroxylation is 1. The lowest BCUT2D eigenvalue weighted by molar-refractivity contribution is -0.142. The summed E-state index contributed by atoms with van der Waals surface area (Å²) in [5.74, 6) is -0.768. The van der Waals surface area contributed by atoms with Crippen molar-refractivity contribution < 1.29 is 14.3 Å². The first kappa shape index (κ1) is 21.4. The number of nitrogens with zero attached hydrogens (tertiary/aromatic N) is 4. The molecule has 2 atom stereocenters. The molecule has 0 aliphatic rings. The van der Waals surface area contributed by atoms with Gasteiger partial charge in [-0.05, 0) is 45.4 Å². The smallest absolute Gasteiger partial charge is 0.308 e. The fourth-order valence-electron chi connectivity index (χ4n) is 3.39. The predicted octanol–water partition coefficient (Wildman–Crippen LogP) is 3.31. The van der Waals surface area contributed by atoms with E-state index in [1.165, 1.54) is 7.11 Å². The Morgan fingerprint density at radius 2 is 2.10 bits per heavy atom. The summed E-state index contributed by atoms with van der Waals surface area (Å²) >= 11 is 0. The number of carbonyl (C=O) groups excluding carboxylic acids is 2. The summed E-state index contributed by atoms with van der Waals surface area (Å²) < 4.78 is 6.68. The zero-order valence-electron chi connectivity index (χ0n) is 18.0. The molecule has 0 fully saturated rings. The van der Waals surface area contributed by atoms with Gasteiger partial charge in [-0.25, -0.2) is 9.67 Å². The van der Waals surface area contributed by atoms with Crippen LogP contribution in [0.25, 0.3) is 11.0 Å². The normalized spacial score (nSPS) is 14.2. The van der Waals surface area contributed by atoms with Crippen molar-refractivity contribution in [2.45, 2.75) is 52.1 Å². The summed E-state index contributed by atoms with van der Waals surface area (Å²) in [4.78, 5) is 34.4. The number of esters is 1. The van der Waals surface area contributed by atoms with Crippen LogP contribution < -0.4 is 5.32 Å². The van der Waals surface area contributed by atoms with Gasteiger partial charge in [-0.1, -0.05) is 13.0 Å². The molecule has 0 saturated heterocycles. The molecule has 158 valence electrons. The Bertz CT molecular complexity index is 1060. The maximum Gasteiger partial charge on any atom is 0.308 e. The van der Waals surface area contributed by atoms with Crippen LogP contribution in [-0.4, -0.2) is 38.7 Å². The fraction of sp³-hybridized carbons (Fsp3) is 0.409. The number of pyridine rings is 2. The van der Waals surface area contributed by atoms with E-state index in [1.807, 2.05) is 17.7 Å². The van der Waals surface area contributed by atoms with Gasteiger partial charge >= 0.3 is 5.97 Å². The van der Waals surface area contributed by atoms with Crippen molar-refractivity contribution in [2.24, 2.45) is 0 Å². The van der Waals surface area contributed by atoms with Crippen molar-refractivity contribution in [2.75, 3.05) is 7.11 Å². The van der Waals surface area contributed by atoms with Crippen LogP contribution >= 0.6 is 0 Å². The Labute approximate surface area is 175 Å². The zero-order valence-corrected chi connectivity index (χ0v) is 18.0. The average molecular weight is 409 g/mol. The van der Waals surface area contributed by atoms with Gasteiger partial charge in [0.15, 0.2) is 5.65 Å². The molecule has 0 aromatic carbocycles. The Hall–Kier alpha value is -3.29. The molecular formula is C22H27N5O3. The number of hydrogen-bond donors (Lipinski definition) is 1. The minimum atomic E-state index is -1.04. The van der Waals surface area contributed by atoms with E-state index in [-0.39, 0.29) is 18.4 Å². The Morgan fingerprint density at radius 3 is 2.73 bits per heavy atom. The van der Waals surface area contributed by atoms with Gasteiger partial charge in [0.05, 0.1) is 48.0 Å². The first-order valence-electron chi connectivity index (χ1n) is 9.94. The number of methoxy groups -OCH3 is 1. The van der Waals surface area contributed by atoms with Crippen LogP contribution in [0, 0.1) is 6.92 Å². The molecule has 0 unspecified atom stereocenters. The number of aromatic nitrogens is 4. The van der Waals surface area contributed by atoms with Gasteiger partial charge in [0.25, 0.3) is 5.91 Å². The van der Waals surface area contributed by atoms with Gasteiger partial charge in [0, 0.05) is 11.9 Å². The first-order valence-corrected chi connectivity index (χ1v) is 9.94. The topological polar surface area (TPSA) is 99.0 Å². The van der Waals surface area contributed by atoms with E-state index in [9.17, 15) is 9.59 Å². The zero-order chi connectivity index (χ0) is 21.9. The van der Waals surface area contributed by atoms with Gasteiger partial charge in [0.2, 0.25) is 0 Å². The molecule has 3 aromatic heterocycles. The summed E-state index contributed by atoms with van der Waals surface area (Å²) in [6.45, 7) is 7.74. The molecule has 8 nitrogen and oxygen atoms in total. The maximum absolute atomic E-state index is 13.4. The molecule has 0 aliphatic carbocycles. The van der Waals surface area contributed by atoms with E-state index in [1.54, 1.807) is 37.5 Å². The third-order valence-corrected chi connectivity index (χ3v) is 5.29. The molecule has 3 heterocycles. The van der Waals surface area contributed by atoms with Gasteiger partial charge in [-0.2, -0.15) is 5.10 Å². The highest BCUT2D eigenvalue weighted by atomic mass is 16.5. The molecule has 1 amide bonds. The molecule has 0 radical (unpaired) electrons. The van der Waals surface area contributed by atoms with Crippen LogP contribution in [0.2, 0.25) is 0 Å². The number of hydrogen-bond acceptors (Lipinski definition) is 6. The minimum Gasteiger partial charge on any atom is -0.469 e. The number of fused-ring (bicyclic) bond motifs is 1. The van der Waals surface area contributed by atoms with Crippen molar-refractivity contribution in [1.29, 1.82) is 0 Å². The second-order valence-corrected chi connectivity index (χ2v) is 7.65. The van der Waals surface area contributed by atoms with Crippen molar-refractivity contribution in [3.63, 3.8) is 0 Å². The SMILES string of the molecule is CC[C@H](C)n1ncc2c(C(=O)N[C@@](C)(CC(=O)OC)c3ccccn3)cc(C)nc21. The van der Waals surface area contributed by atoms with E-state index in [0.717, 1.165) is 6.42 Å². The molecule has 0 aliphatic heterocycles. The van der Waals surface area contributed by atoms with Gasteiger partial charge in [-0.3, -0.25) is 14.6 Å². The highest BCUT2D eigenvalue weighted by Crippen LogP contribution is 2.27. The molecule has 0 spiro atoms. The van der Waals surface area contributed by atoms with Crippen molar-refractivity contribution in [3.8, 4) is 0 Å². The van der Waals surface area contributed by atoms with E-state index < -0.39 is 11.5 Å². The molecule has 3 aromatic rings. The highest BCUT2D eigenvalue weighted by molar-refractivity contribution is 6.06. The summed E-state index contributed by atoms with van der Waals surface area (Å²) in [6.07, 6.45) is 4.14. The monoisotopic (exact) mass is 409 g/mol. The average Bonchev–Trinajstić information content (AvgIpc) is 3.16. The lowest BCUT2D eigenvalue weighted by Gasteiger charge is -2.29. The lowest BCUT2D eigenvalue weighted by atomic mass is 9.92. The molecular weight excluding hydrogens is 382 g/mol. The number of nitrogens with one attached hydrogen (secondary N) is 1. The van der Waals surface area contributed by atoms with Crippen LogP contribution in [0.15, 0.2) is 36.7 Å². The highest BCUT2D eigenvalue weighted by Gasteiger charge is 2.34. The predicted molar refractivity (Wildman–Crippen MR) is 113 cm³/mol. The summed E-state index contributed by atoms with van der Waals surface area (Å²) in [6, 6.07) is 7.26. The van der Waals surface area contributed by atoms with E-state index in [0.29, 0.717) is 28.0 Å². The molecule has 8 heteroatoms. The second kappa shape index (κ2) is 8.61. The quantitative estimate of drug-likeness (QED) is 0.601. The molecule has 3 rings (SSSR count). The van der Waals surface area contributed by atoms with Crippen LogP contribution in [0.5, 0.6) is 0 Å². The standard InChI is InChI=1S/C22H27N5O3/c1-6-15(3)27-20-17(13-24-27)16(11-14(2)25-20)21(29)26-22(4,12-19(28)30-5)18-9-7-8-10-23-18/h7-11,13,15H,6,12H2,1-5H3,(H,26,29)/t15-,22-/m0/s1. The van der Waals surface area contributed by atoms with E-state index >= 15 is 0 Å². The Morgan fingerprint density at radius 1 is 1.33 bits per heavy atom. The van der Waals surface area contributed by atoms with Gasteiger partial charge in [-0.15, -0.1) is 0 Å². The van der Waals surface area contributed by atoms with Gasteiger partial charge < -0.3 is 10.1 Å². The molecule has 30 heavy (non-hydrogen) atoms. The Balaban J connectivity index is 2.03. The first-order chi connectivity index (χ1) is 14.3. The molecule has 1 N–H and O–H groups in total. The van der Waals surface area contributed by atoms with Crippen LogP contribution in [0.1, 0.15) is 61.4 Å². The summed E-state index contributed by atoms with van der Waals surface area (Å²) in [5.41, 5.74) is 1.37. The largest absolute Gasteiger partial charge is 0.469 e. The molecule has 0 bridgehead atoms. The van der Waals surface area contributed by atoms with E-state index in [2.05, 4.69) is 34.2 Å². The number of rotatable bonds is 7. The van der Waals surface area contributed by atoms with Crippen LogP contribution in [0.3, 0.4) is 0 Å². The Kier molecular flexibility index (Phi) is 6.14. The number of carbonyl (C=O) groups is 2. The number of ether oxygens (including phenoxy) is 1. The van der Waals surface area contributed by atoms with E-state index in [4.69, 9.17) is 4.74 Å². The summed E-state index contributed by atoms with van der Waals surface area (Å²) in [5, 5.41) is 8.12. The third kappa shape index (κ3) is 4.17. The van der Waals surface area contributed by atoms with Crippen LogP contribution in [-0.2, 0) is 15.1 Å². The van der Waals surface area contributed by atoms with Crippen molar-refractivity contribution >= 4 is 22.9 Å². The minimum absolute atomic E-state index is 0.0500. The van der Waals surface area contributed by atoms with Crippen molar-refractivity contribution in [1.82, 2.24) is 25.1 Å². The second-order valence-electron chi connectivity index (χ2n) is 7.65. The van der Waals surface area contributed by atoms with Gasteiger partial charge in [0.1, 0.15) is 0 Å². The summed E-state index contributed by atoms with van der Waals surface area (Å²) in [7, 11) is 1.32. The van der Waals surface area contributed by atoms with Crippen LogP contribution in [0.4, 0.5) is 0 Å². The van der Waals surface area contributed by atoms with Crippen molar-refractivity contribution in [3.05, 3.63) is 53.6 Å². The fourth-order valence-corrected chi connectivity index (χ4v) is 3.39. The molecule has 0 saturated carbocycles. The lowest BCUT2D eigenvalue weighted by Crippen LogP contribution is -2.46. The third-order valence-electron chi connectivity index (χ3n) is 5.29.